The van der Waals surface area contributed by atoms with Gasteiger partial charge in [-0.1, -0.05) is 0 Å². The number of halogens is 6. The first-order valence-corrected chi connectivity index (χ1v) is 6.56. The van der Waals surface area contributed by atoms with Crippen molar-refractivity contribution in [1.29, 1.82) is 5.26 Å². The molecule has 126 valence electrons. The van der Waals surface area contributed by atoms with Gasteiger partial charge in [0.15, 0.2) is 0 Å². The summed E-state index contributed by atoms with van der Waals surface area (Å²) in [6.07, 6.45) is -5.21. The van der Waals surface area contributed by atoms with Crippen LogP contribution in [0.1, 0.15) is 22.8 Å². The number of hydrogen-bond donors (Lipinski definition) is 0. The van der Waals surface area contributed by atoms with E-state index in [-0.39, 0.29) is 6.61 Å². The highest BCUT2D eigenvalue weighted by Crippen LogP contribution is 2.43. The number of carbonyl (C=O) groups excluding carboxylic acids is 1. The molecule has 0 aliphatic heterocycles. The molecule has 0 bridgehead atoms. The van der Waals surface area contributed by atoms with E-state index in [9.17, 15) is 31.1 Å². The minimum absolute atomic E-state index is 0.169. The summed E-state index contributed by atoms with van der Waals surface area (Å²) < 4.78 is 82.6. The van der Waals surface area contributed by atoms with Crippen LogP contribution in [0.5, 0.6) is 5.75 Å². The predicted octanol–water partition coefficient (Wildman–Crippen LogP) is 4.25. The van der Waals surface area contributed by atoms with Gasteiger partial charge in [0, 0.05) is 0 Å². The van der Waals surface area contributed by atoms with Crippen LogP contribution in [0.15, 0.2) is 17.0 Å². The number of nitriles is 1. The number of alkyl halides is 6. The molecule has 0 aromatic heterocycles. The smallest absolute Gasteiger partial charge is 0.462 e. The largest absolute Gasteiger partial charge is 0.573 e. The van der Waals surface area contributed by atoms with Crippen LogP contribution in [-0.2, 0) is 4.74 Å². The Morgan fingerprint density at radius 1 is 1.26 bits per heavy atom. The quantitative estimate of drug-likeness (QED) is 0.457. The number of benzene rings is 1. The van der Waals surface area contributed by atoms with Crippen LogP contribution in [0.3, 0.4) is 0 Å². The molecule has 1 rings (SSSR count). The molecular formula is C12H7F6NO3S. The summed E-state index contributed by atoms with van der Waals surface area (Å²) in [4.78, 5) is 10.6. The number of carbonyl (C=O) groups is 1. The zero-order valence-electron chi connectivity index (χ0n) is 11.2. The van der Waals surface area contributed by atoms with E-state index in [0.717, 1.165) is 0 Å². The van der Waals surface area contributed by atoms with E-state index in [2.05, 4.69) is 9.47 Å². The minimum Gasteiger partial charge on any atom is -0.462 e. The highest BCUT2D eigenvalue weighted by Gasteiger charge is 2.37. The first kappa shape index (κ1) is 19.0. The Kier molecular flexibility index (Phi) is 5.76. The third-order valence-electron chi connectivity index (χ3n) is 2.17. The highest BCUT2D eigenvalue weighted by atomic mass is 32.2. The van der Waals surface area contributed by atoms with Gasteiger partial charge in [-0.15, -0.1) is 13.2 Å². The Labute approximate surface area is 130 Å². The van der Waals surface area contributed by atoms with Crippen molar-refractivity contribution in [1.82, 2.24) is 0 Å². The molecule has 0 amide bonds. The van der Waals surface area contributed by atoms with Crippen LogP contribution < -0.4 is 4.74 Å². The Balaban J connectivity index is 3.50. The second kappa shape index (κ2) is 6.99. The molecule has 0 spiro atoms. The van der Waals surface area contributed by atoms with Gasteiger partial charge in [0.25, 0.3) is 0 Å². The maximum atomic E-state index is 12.6. The number of esters is 1. The first-order chi connectivity index (χ1) is 10.5. The predicted molar refractivity (Wildman–Crippen MR) is 65.7 cm³/mol. The van der Waals surface area contributed by atoms with Crippen LogP contribution in [0, 0.1) is 11.3 Å². The van der Waals surface area contributed by atoms with Gasteiger partial charge >= 0.3 is 17.8 Å². The molecule has 0 unspecified atom stereocenters. The summed E-state index contributed by atoms with van der Waals surface area (Å²) >= 11 is -0.898. The summed E-state index contributed by atoms with van der Waals surface area (Å²) in [6, 6.07) is 2.45. The molecule has 0 aliphatic rings. The lowest BCUT2D eigenvalue weighted by molar-refractivity contribution is -0.274. The monoisotopic (exact) mass is 359 g/mol. The van der Waals surface area contributed by atoms with E-state index >= 15 is 0 Å². The molecule has 11 heteroatoms. The summed E-state index contributed by atoms with van der Waals surface area (Å²) in [6.45, 7) is 1.22. The maximum absolute atomic E-state index is 12.6. The fourth-order valence-corrected chi connectivity index (χ4v) is 2.21. The summed E-state index contributed by atoms with van der Waals surface area (Å²) in [7, 11) is 0. The average Bonchev–Trinajstić information content (AvgIpc) is 2.35. The molecule has 0 saturated heterocycles. The number of thioether (sulfide) groups is 1. The third-order valence-corrected chi connectivity index (χ3v) is 3.03. The lowest BCUT2D eigenvalue weighted by atomic mass is 10.1. The van der Waals surface area contributed by atoms with Crippen molar-refractivity contribution in [3.05, 3.63) is 23.3 Å². The second-order valence-corrected chi connectivity index (χ2v) is 4.82. The molecule has 0 heterocycles. The van der Waals surface area contributed by atoms with Crippen LogP contribution >= 0.6 is 11.8 Å². The molecule has 0 fully saturated rings. The van der Waals surface area contributed by atoms with E-state index in [0.29, 0.717) is 12.1 Å². The Bertz CT molecular complexity index is 635. The van der Waals surface area contributed by atoms with Gasteiger partial charge in [0.1, 0.15) is 17.4 Å². The first-order valence-electron chi connectivity index (χ1n) is 5.74. The topological polar surface area (TPSA) is 59.3 Å². The van der Waals surface area contributed by atoms with Crippen molar-refractivity contribution in [2.24, 2.45) is 0 Å². The third kappa shape index (κ3) is 5.55. The molecule has 1 aromatic rings. The van der Waals surface area contributed by atoms with Crippen molar-refractivity contribution < 1.29 is 40.6 Å². The van der Waals surface area contributed by atoms with Gasteiger partial charge < -0.3 is 9.47 Å². The Morgan fingerprint density at radius 2 is 1.87 bits per heavy atom. The molecule has 1 aromatic carbocycles. The van der Waals surface area contributed by atoms with Crippen LogP contribution in [0.25, 0.3) is 0 Å². The van der Waals surface area contributed by atoms with Crippen LogP contribution in [0.4, 0.5) is 26.3 Å². The van der Waals surface area contributed by atoms with Gasteiger partial charge in [-0.05, 0) is 30.8 Å². The maximum Gasteiger partial charge on any atom is 0.573 e. The van der Waals surface area contributed by atoms with Gasteiger partial charge in [0.2, 0.25) is 0 Å². The molecule has 0 aliphatic carbocycles. The summed E-state index contributed by atoms with van der Waals surface area (Å²) in [5, 5.41) is 8.90. The zero-order valence-corrected chi connectivity index (χ0v) is 12.0. The molecule has 4 nitrogen and oxygen atoms in total. The lowest BCUT2D eigenvalue weighted by Crippen LogP contribution is -2.19. The van der Waals surface area contributed by atoms with E-state index < -0.39 is 51.4 Å². The molecule has 23 heavy (non-hydrogen) atoms. The molecule has 0 atom stereocenters. The molecule has 0 saturated carbocycles. The highest BCUT2D eigenvalue weighted by molar-refractivity contribution is 8.00. The normalized spacial score (nSPS) is 11.7. The van der Waals surface area contributed by atoms with Crippen LogP contribution in [0.2, 0.25) is 0 Å². The van der Waals surface area contributed by atoms with Gasteiger partial charge in [-0.2, -0.15) is 18.4 Å². The van der Waals surface area contributed by atoms with E-state index in [1.165, 1.54) is 13.0 Å². The van der Waals surface area contributed by atoms with Crippen molar-refractivity contribution in [2.45, 2.75) is 23.7 Å². The average molecular weight is 359 g/mol. The SMILES string of the molecule is CCOC(=O)c1ccc(OC(F)(F)F)c(C#N)c1SC(F)(F)F. The Morgan fingerprint density at radius 3 is 2.30 bits per heavy atom. The van der Waals surface area contributed by atoms with Gasteiger partial charge in [-0.3, -0.25) is 0 Å². The van der Waals surface area contributed by atoms with Crippen molar-refractivity contribution in [3.63, 3.8) is 0 Å². The number of rotatable bonds is 4. The summed E-state index contributed by atoms with van der Waals surface area (Å²) in [5.41, 5.74) is -6.68. The van der Waals surface area contributed by atoms with Gasteiger partial charge in [0.05, 0.1) is 17.1 Å². The standard InChI is InChI=1S/C12H7F6NO3S/c1-2-21-10(20)6-3-4-8(22-11(13,14)15)7(5-19)9(6)23-12(16,17)18/h3-4H,2H2,1H3. The van der Waals surface area contributed by atoms with Gasteiger partial charge in [-0.25, -0.2) is 4.79 Å². The number of hydrogen-bond acceptors (Lipinski definition) is 5. The lowest BCUT2D eigenvalue weighted by Gasteiger charge is -2.16. The fourth-order valence-electron chi connectivity index (χ4n) is 1.47. The number of nitrogens with zero attached hydrogens (tertiary/aromatic N) is 1. The second-order valence-electron chi connectivity index (χ2n) is 3.74. The van der Waals surface area contributed by atoms with E-state index in [4.69, 9.17) is 5.26 Å². The molecular weight excluding hydrogens is 352 g/mol. The van der Waals surface area contributed by atoms with Crippen molar-refractivity contribution >= 4 is 17.7 Å². The minimum atomic E-state index is -5.21. The van der Waals surface area contributed by atoms with Crippen molar-refractivity contribution in [3.8, 4) is 11.8 Å². The fraction of sp³-hybridized carbons (Fsp3) is 0.333. The van der Waals surface area contributed by atoms with E-state index in [1.807, 2.05) is 0 Å². The van der Waals surface area contributed by atoms with E-state index in [1.54, 1.807) is 0 Å². The van der Waals surface area contributed by atoms with Crippen molar-refractivity contribution in [2.75, 3.05) is 6.61 Å². The Hall–Kier alpha value is -2.09. The molecule has 0 N–H and O–H groups in total. The van der Waals surface area contributed by atoms with Crippen LogP contribution in [-0.4, -0.2) is 24.4 Å². The number of ether oxygens (including phenoxy) is 2. The zero-order chi connectivity index (χ0) is 17.8. The summed E-state index contributed by atoms with van der Waals surface area (Å²) in [5.74, 6) is -2.34. The molecule has 0 radical (unpaired) electrons.